The number of aliphatic hydroxyl groups is 1. The number of thioether (sulfide) groups is 1. The molecule has 0 saturated heterocycles. The minimum atomic E-state index is -0.602. The number of pyridine rings is 1. The first-order valence-corrected chi connectivity index (χ1v) is 8.02. The van der Waals surface area contributed by atoms with E-state index in [1.807, 2.05) is 42.5 Å². The third-order valence-electron chi connectivity index (χ3n) is 3.45. The molecule has 21 heavy (non-hydrogen) atoms. The monoisotopic (exact) mass is 295 g/mol. The Morgan fingerprint density at radius 3 is 2.57 bits per heavy atom. The molecule has 0 spiro atoms. The van der Waals surface area contributed by atoms with Gasteiger partial charge in [-0.15, -0.1) is 11.8 Å². The molecule has 1 aromatic heterocycles. The lowest BCUT2D eigenvalue weighted by atomic mass is 10.00. The molecule has 3 rings (SSSR count). The Bertz CT molecular complexity index is 740. The van der Waals surface area contributed by atoms with Crippen LogP contribution in [0.25, 0.3) is 10.9 Å². The molecule has 1 N–H and O–H groups in total. The van der Waals surface area contributed by atoms with E-state index in [2.05, 4.69) is 24.0 Å². The highest BCUT2D eigenvalue weighted by atomic mass is 32.2. The van der Waals surface area contributed by atoms with Gasteiger partial charge in [0.15, 0.2) is 0 Å². The van der Waals surface area contributed by atoms with Crippen molar-refractivity contribution in [2.75, 3.05) is 5.75 Å². The van der Waals surface area contributed by atoms with Crippen LogP contribution in [0.2, 0.25) is 0 Å². The van der Waals surface area contributed by atoms with Gasteiger partial charge in [0.05, 0.1) is 5.52 Å². The third kappa shape index (κ3) is 3.09. The van der Waals surface area contributed by atoms with Crippen LogP contribution in [0.4, 0.5) is 0 Å². The summed E-state index contributed by atoms with van der Waals surface area (Å²) in [5, 5.41) is 11.6. The average molecular weight is 295 g/mol. The molecule has 0 fully saturated rings. The normalized spacial score (nSPS) is 12.5. The van der Waals surface area contributed by atoms with Crippen molar-refractivity contribution in [3.05, 3.63) is 71.9 Å². The number of benzene rings is 2. The number of hydrogen-bond acceptors (Lipinski definition) is 3. The number of fused-ring (bicyclic) bond motifs is 1. The molecule has 3 heteroatoms. The van der Waals surface area contributed by atoms with Gasteiger partial charge in [0.2, 0.25) is 0 Å². The molecule has 106 valence electrons. The second-order valence-corrected chi connectivity index (χ2v) is 6.20. The Balaban J connectivity index is 1.90. The minimum absolute atomic E-state index is 0.602. The predicted molar refractivity (Wildman–Crippen MR) is 88.6 cm³/mol. The Morgan fingerprint density at radius 2 is 1.81 bits per heavy atom. The number of aromatic nitrogens is 1. The van der Waals surface area contributed by atoms with Crippen LogP contribution >= 0.6 is 11.8 Å². The van der Waals surface area contributed by atoms with Gasteiger partial charge in [-0.25, -0.2) is 0 Å². The van der Waals surface area contributed by atoms with E-state index >= 15 is 0 Å². The summed E-state index contributed by atoms with van der Waals surface area (Å²) in [6, 6.07) is 17.9. The Morgan fingerprint density at radius 1 is 1.05 bits per heavy atom. The molecule has 1 atom stereocenters. The molecule has 0 aliphatic heterocycles. The maximum absolute atomic E-state index is 10.5. The average Bonchev–Trinajstić information content (AvgIpc) is 2.55. The van der Waals surface area contributed by atoms with Crippen molar-refractivity contribution < 1.29 is 5.11 Å². The van der Waals surface area contributed by atoms with Crippen LogP contribution < -0.4 is 0 Å². The minimum Gasteiger partial charge on any atom is -0.384 e. The Hall–Kier alpha value is -1.84. The van der Waals surface area contributed by atoms with Crippen molar-refractivity contribution in [2.45, 2.75) is 17.9 Å². The molecular formula is C18H17NOS. The summed E-state index contributed by atoms with van der Waals surface area (Å²) < 4.78 is 0. The van der Waals surface area contributed by atoms with Crippen LogP contribution in [0.15, 0.2) is 65.7 Å². The van der Waals surface area contributed by atoms with Crippen molar-refractivity contribution >= 4 is 22.7 Å². The van der Waals surface area contributed by atoms with E-state index in [0.29, 0.717) is 0 Å². The molecule has 2 nitrogen and oxygen atoms in total. The summed E-state index contributed by atoms with van der Waals surface area (Å²) in [5.74, 6) is 1.06. The summed E-state index contributed by atoms with van der Waals surface area (Å²) >= 11 is 1.80. The van der Waals surface area contributed by atoms with Crippen LogP contribution in [0.3, 0.4) is 0 Å². The number of nitrogens with zero attached hydrogens (tertiary/aromatic N) is 1. The SMILES string of the molecule is CCSc1ccc(C(O)c2ccc3ncccc3c2)cc1. The van der Waals surface area contributed by atoms with Gasteiger partial charge in [-0.05, 0) is 47.2 Å². The number of aliphatic hydroxyl groups excluding tert-OH is 1. The van der Waals surface area contributed by atoms with E-state index in [-0.39, 0.29) is 0 Å². The van der Waals surface area contributed by atoms with Gasteiger partial charge in [0.25, 0.3) is 0 Å². The molecule has 3 aromatic rings. The smallest absolute Gasteiger partial charge is 0.104 e. The largest absolute Gasteiger partial charge is 0.384 e. The summed E-state index contributed by atoms with van der Waals surface area (Å²) in [6.07, 6.45) is 1.18. The van der Waals surface area contributed by atoms with Gasteiger partial charge in [-0.3, -0.25) is 4.98 Å². The van der Waals surface area contributed by atoms with E-state index in [1.165, 1.54) is 4.90 Å². The van der Waals surface area contributed by atoms with Gasteiger partial charge in [-0.2, -0.15) is 0 Å². The lowest BCUT2D eigenvalue weighted by Crippen LogP contribution is -1.99. The Kier molecular flexibility index (Phi) is 4.23. The van der Waals surface area contributed by atoms with Crippen LogP contribution in [0.5, 0.6) is 0 Å². The molecular weight excluding hydrogens is 278 g/mol. The standard InChI is InChI=1S/C18H17NOS/c1-2-21-16-8-5-13(6-9-16)18(20)15-7-10-17-14(12-15)4-3-11-19-17/h3-12,18,20H,2H2,1H3. The highest BCUT2D eigenvalue weighted by Gasteiger charge is 2.11. The number of rotatable bonds is 4. The second-order valence-electron chi connectivity index (χ2n) is 4.86. The topological polar surface area (TPSA) is 33.1 Å². The fraction of sp³-hybridized carbons (Fsp3) is 0.167. The zero-order valence-corrected chi connectivity index (χ0v) is 12.7. The lowest BCUT2D eigenvalue weighted by molar-refractivity contribution is 0.220. The van der Waals surface area contributed by atoms with E-state index < -0.39 is 6.10 Å². The summed E-state index contributed by atoms with van der Waals surface area (Å²) in [7, 11) is 0. The van der Waals surface area contributed by atoms with E-state index in [0.717, 1.165) is 27.8 Å². The third-order valence-corrected chi connectivity index (χ3v) is 4.34. The molecule has 2 aromatic carbocycles. The first-order valence-electron chi connectivity index (χ1n) is 7.03. The van der Waals surface area contributed by atoms with Crippen LogP contribution in [-0.2, 0) is 0 Å². The van der Waals surface area contributed by atoms with Crippen molar-refractivity contribution in [2.24, 2.45) is 0 Å². The van der Waals surface area contributed by atoms with E-state index in [4.69, 9.17) is 0 Å². The zero-order chi connectivity index (χ0) is 14.7. The second kappa shape index (κ2) is 6.29. The van der Waals surface area contributed by atoms with Gasteiger partial charge < -0.3 is 5.11 Å². The summed E-state index contributed by atoms with van der Waals surface area (Å²) in [5.41, 5.74) is 2.76. The van der Waals surface area contributed by atoms with Crippen LogP contribution in [0.1, 0.15) is 24.2 Å². The molecule has 0 aliphatic rings. The highest BCUT2D eigenvalue weighted by Crippen LogP contribution is 2.26. The quantitative estimate of drug-likeness (QED) is 0.723. The molecule has 0 aliphatic carbocycles. The molecule has 0 saturated carbocycles. The van der Waals surface area contributed by atoms with E-state index in [1.54, 1.807) is 18.0 Å². The Labute approximate surface area is 128 Å². The summed E-state index contributed by atoms with van der Waals surface area (Å²) in [6.45, 7) is 2.14. The summed E-state index contributed by atoms with van der Waals surface area (Å²) in [4.78, 5) is 5.53. The van der Waals surface area contributed by atoms with Crippen molar-refractivity contribution in [3.8, 4) is 0 Å². The molecule has 1 unspecified atom stereocenters. The van der Waals surface area contributed by atoms with Crippen molar-refractivity contribution in [3.63, 3.8) is 0 Å². The maximum atomic E-state index is 10.5. The van der Waals surface area contributed by atoms with Gasteiger partial charge in [0, 0.05) is 16.5 Å². The lowest BCUT2D eigenvalue weighted by Gasteiger charge is -2.13. The predicted octanol–water partition coefficient (Wildman–Crippen LogP) is 4.43. The molecule has 0 amide bonds. The van der Waals surface area contributed by atoms with Crippen LogP contribution in [-0.4, -0.2) is 15.8 Å². The zero-order valence-electron chi connectivity index (χ0n) is 11.9. The van der Waals surface area contributed by atoms with Gasteiger partial charge >= 0.3 is 0 Å². The first kappa shape index (κ1) is 14.1. The molecule has 0 radical (unpaired) electrons. The maximum Gasteiger partial charge on any atom is 0.104 e. The van der Waals surface area contributed by atoms with Crippen LogP contribution in [0, 0.1) is 0 Å². The fourth-order valence-corrected chi connectivity index (χ4v) is 3.03. The molecule has 0 bridgehead atoms. The van der Waals surface area contributed by atoms with Gasteiger partial charge in [0.1, 0.15) is 6.10 Å². The van der Waals surface area contributed by atoms with Crippen molar-refractivity contribution in [1.29, 1.82) is 0 Å². The molecule has 1 heterocycles. The highest BCUT2D eigenvalue weighted by molar-refractivity contribution is 7.99. The fourth-order valence-electron chi connectivity index (χ4n) is 2.37. The first-order chi connectivity index (χ1) is 10.3. The van der Waals surface area contributed by atoms with E-state index in [9.17, 15) is 5.11 Å². The van der Waals surface area contributed by atoms with Gasteiger partial charge in [-0.1, -0.05) is 31.2 Å². The number of hydrogen-bond donors (Lipinski definition) is 1. The van der Waals surface area contributed by atoms with Crippen molar-refractivity contribution in [1.82, 2.24) is 4.98 Å².